The second kappa shape index (κ2) is 3.27. The minimum atomic E-state index is 0.232. The molecule has 0 spiro atoms. The lowest BCUT2D eigenvalue weighted by Gasteiger charge is -2.15. The molecule has 0 atom stereocenters. The first-order valence-electron chi connectivity index (χ1n) is 3.90. The molecule has 0 fully saturated rings. The summed E-state index contributed by atoms with van der Waals surface area (Å²) in [7, 11) is 1.84. The third-order valence-electron chi connectivity index (χ3n) is 1.68. The lowest BCUT2D eigenvalue weighted by molar-refractivity contribution is 0.604. The first-order valence-corrected chi connectivity index (χ1v) is 5.11. The van der Waals surface area contributed by atoms with Crippen LogP contribution in [0, 0.1) is 0 Å². The summed E-state index contributed by atoms with van der Waals surface area (Å²) in [5.41, 5.74) is 1.31. The van der Waals surface area contributed by atoms with Crippen LogP contribution in [0.1, 0.15) is 25.6 Å². The molecule has 1 aromatic rings. The molecule has 12 heavy (non-hydrogen) atoms. The van der Waals surface area contributed by atoms with Crippen LogP contribution in [-0.2, 0) is 5.41 Å². The van der Waals surface area contributed by atoms with Crippen molar-refractivity contribution in [1.82, 2.24) is 0 Å². The molecular formula is C9H14ClNS. The van der Waals surface area contributed by atoms with E-state index in [0.29, 0.717) is 0 Å². The van der Waals surface area contributed by atoms with Crippen molar-refractivity contribution in [3.05, 3.63) is 16.3 Å². The number of nitrogens with zero attached hydrogens (tertiary/aromatic N) is 1. The number of hydrogen-bond donors (Lipinski definition) is 0. The monoisotopic (exact) mass is 203 g/mol. The molecule has 1 heterocycles. The van der Waals surface area contributed by atoms with Crippen LogP contribution < -0.4 is 4.42 Å². The highest BCUT2D eigenvalue weighted by atomic mass is 35.5. The molecule has 68 valence electrons. The Hall–Kier alpha value is -0.210. The van der Waals surface area contributed by atoms with E-state index >= 15 is 0 Å². The van der Waals surface area contributed by atoms with Gasteiger partial charge in [-0.15, -0.1) is 11.3 Å². The third-order valence-corrected chi connectivity index (χ3v) is 3.22. The summed E-state index contributed by atoms with van der Waals surface area (Å²) < 4.78 is 1.62. The molecule has 1 rings (SSSR count). The van der Waals surface area contributed by atoms with Crippen molar-refractivity contribution in [3.63, 3.8) is 0 Å². The molecule has 0 unspecified atom stereocenters. The summed E-state index contributed by atoms with van der Waals surface area (Å²) in [6.07, 6.45) is 0. The van der Waals surface area contributed by atoms with Gasteiger partial charge in [0.15, 0.2) is 0 Å². The largest absolute Gasteiger partial charge is 0.288 e. The Balaban J connectivity index is 2.92. The first kappa shape index (κ1) is 9.87. The number of anilines is 1. The Morgan fingerprint density at radius 2 is 2.00 bits per heavy atom. The van der Waals surface area contributed by atoms with Gasteiger partial charge >= 0.3 is 0 Å². The quantitative estimate of drug-likeness (QED) is 0.630. The molecule has 0 aromatic carbocycles. The average Bonchev–Trinajstić information content (AvgIpc) is 2.30. The van der Waals surface area contributed by atoms with Crippen LogP contribution in [0.2, 0.25) is 0 Å². The van der Waals surface area contributed by atoms with Crippen molar-refractivity contribution >= 4 is 28.8 Å². The second-order valence-corrected chi connectivity index (χ2v) is 5.31. The van der Waals surface area contributed by atoms with Crippen LogP contribution in [-0.4, -0.2) is 7.05 Å². The minimum Gasteiger partial charge on any atom is -0.288 e. The normalized spacial score (nSPS) is 11.8. The Bertz CT molecular complexity index is 260. The van der Waals surface area contributed by atoms with E-state index in [1.54, 1.807) is 15.8 Å². The zero-order valence-corrected chi connectivity index (χ0v) is 9.46. The zero-order chi connectivity index (χ0) is 9.35. The van der Waals surface area contributed by atoms with Gasteiger partial charge in [0, 0.05) is 29.1 Å². The highest BCUT2D eigenvalue weighted by Crippen LogP contribution is 2.32. The first-order chi connectivity index (χ1) is 5.41. The predicted molar refractivity (Wildman–Crippen MR) is 57.3 cm³/mol. The number of halogens is 1. The van der Waals surface area contributed by atoms with Crippen LogP contribution >= 0.6 is 23.1 Å². The van der Waals surface area contributed by atoms with Gasteiger partial charge < -0.3 is 0 Å². The molecule has 0 aliphatic carbocycles. The average molecular weight is 204 g/mol. The van der Waals surface area contributed by atoms with E-state index in [2.05, 4.69) is 32.2 Å². The van der Waals surface area contributed by atoms with E-state index < -0.39 is 0 Å². The molecule has 1 aromatic heterocycles. The summed E-state index contributed by atoms with van der Waals surface area (Å²) in [5, 5.41) is 2.08. The van der Waals surface area contributed by atoms with Crippen molar-refractivity contribution in [3.8, 4) is 0 Å². The Labute approximate surface area is 83.1 Å². The van der Waals surface area contributed by atoms with Crippen molar-refractivity contribution in [2.75, 3.05) is 11.5 Å². The summed E-state index contributed by atoms with van der Waals surface area (Å²) in [5.74, 6) is 0. The second-order valence-electron chi connectivity index (χ2n) is 3.90. The maximum absolute atomic E-state index is 5.81. The standard InChI is InChI=1S/C9H14ClNS/c1-9(2,3)8-5-7(6-12-8)11(4)10/h5-6H,1-4H3. The summed E-state index contributed by atoms with van der Waals surface area (Å²) in [6.45, 7) is 6.62. The van der Waals surface area contributed by atoms with Crippen LogP contribution in [0.15, 0.2) is 11.4 Å². The van der Waals surface area contributed by atoms with Crippen molar-refractivity contribution < 1.29 is 0 Å². The Morgan fingerprint density at radius 3 is 2.25 bits per heavy atom. The summed E-state index contributed by atoms with van der Waals surface area (Å²) in [4.78, 5) is 1.37. The molecule has 3 heteroatoms. The maximum Gasteiger partial charge on any atom is 0.0629 e. The molecule has 0 amide bonds. The topological polar surface area (TPSA) is 3.24 Å². The minimum absolute atomic E-state index is 0.232. The summed E-state index contributed by atoms with van der Waals surface area (Å²) >= 11 is 7.57. The van der Waals surface area contributed by atoms with Gasteiger partial charge in [-0.2, -0.15) is 0 Å². The fraction of sp³-hybridized carbons (Fsp3) is 0.556. The van der Waals surface area contributed by atoms with Gasteiger partial charge in [-0.3, -0.25) is 4.42 Å². The van der Waals surface area contributed by atoms with Crippen LogP contribution in [0.5, 0.6) is 0 Å². The molecule has 0 radical (unpaired) electrons. The molecule has 1 nitrogen and oxygen atoms in total. The fourth-order valence-electron chi connectivity index (χ4n) is 0.881. The molecule has 0 aliphatic rings. The predicted octanol–water partition coefficient (Wildman–Crippen LogP) is 3.64. The SMILES string of the molecule is CN(Cl)c1csc(C(C)(C)C)c1. The van der Waals surface area contributed by atoms with E-state index in [9.17, 15) is 0 Å². The Kier molecular flexibility index (Phi) is 2.69. The number of thiophene rings is 1. The van der Waals surface area contributed by atoms with Crippen molar-refractivity contribution in [2.24, 2.45) is 0 Å². The van der Waals surface area contributed by atoms with Gasteiger partial charge in [0.25, 0.3) is 0 Å². The number of rotatable bonds is 1. The van der Waals surface area contributed by atoms with Crippen molar-refractivity contribution in [2.45, 2.75) is 26.2 Å². The Morgan fingerprint density at radius 1 is 1.42 bits per heavy atom. The van der Waals surface area contributed by atoms with Gasteiger partial charge in [0.1, 0.15) is 0 Å². The molecule has 0 N–H and O–H groups in total. The molecule has 0 bridgehead atoms. The van der Waals surface area contributed by atoms with E-state index in [1.807, 2.05) is 7.05 Å². The maximum atomic E-state index is 5.81. The van der Waals surface area contributed by atoms with Crippen LogP contribution in [0.4, 0.5) is 5.69 Å². The summed E-state index contributed by atoms with van der Waals surface area (Å²) in [6, 6.07) is 2.14. The van der Waals surface area contributed by atoms with E-state index in [1.165, 1.54) is 4.88 Å². The molecule has 0 aliphatic heterocycles. The lowest BCUT2D eigenvalue weighted by atomic mass is 9.95. The smallest absolute Gasteiger partial charge is 0.0629 e. The highest BCUT2D eigenvalue weighted by Gasteiger charge is 2.16. The lowest BCUT2D eigenvalue weighted by Crippen LogP contribution is -2.08. The van der Waals surface area contributed by atoms with Crippen LogP contribution in [0.25, 0.3) is 0 Å². The third kappa shape index (κ3) is 2.14. The van der Waals surface area contributed by atoms with Crippen molar-refractivity contribution in [1.29, 1.82) is 0 Å². The van der Waals surface area contributed by atoms with Gasteiger partial charge in [-0.25, -0.2) is 0 Å². The van der Waals surface area contributed by atoms with E-state index in [4.69, 9.17) is 11.8 Å². The highest BCUT2D eigenvalue weighted by molar-refractivity contribution is 7.10. The van der Waals surface area contributed by atoms with Gasteiger partial charge in [-0.05, 0) is 11.5 Å². The van der Waals surface area contributed by atoms with Gasteiger partial charge in [0.05, 0.1) is 5.69 Å². The van der Waals surface area contributed by atoms with E-state index in [-0.39, 0.29) is 5.41 Å². The molecule has 0 saturated heterocycles. The van der Waals surface area contributed by atoms with Gasteiger partial charge in [0.2, 0.25) is 0 Å². The molecular weight excluding hydrogens is 190 g/mol. The van der Waals surface area contributed by atoms with Crippen LogP contribution in [0.3, 0.4) is 0 Å². The fourth-order valence-corrected chi connectivity index (χ4v) is 2.05. The molecule has 0 saturated carbocycles. The zero-order valence-electron chi connectivity index (χ0n) is 7.89. The number of hydrogen-bond acceptors (Lipinski definition) is 2. The van der Waals surface area contributed by atoms with Gasteiger partial charge in [-0.1, -0.05) is 20.8 Å². The van der Waals surface area contributed by atoms with E-state index in [0.717, 1.165) is 5.69 Å².